The summed E-state index contributed by atoms with van der Waals surface area (Å²) < 4.78 is 1.99. The molecule has 1 saturated heterocycles. The van der Waals surface area contributed by atoms with E-state index in [-0.39, 0.29) is 30.9 Å². The molecule has 1 aliphatic carbocycles. The van der Waals surface area contributed by atoms with Gasteiger partial charge in [0.05, 0.1) is 30.9 Å². The van der Waals surface area contributed by atoms with E-state index in [4.69, 9.17) is 0 Å². The number of aromatic nitrogens is 2. The van der Waals surface area contributed by atoms with Gasteiger partial charge in [-0.2, -0.15) is 5.10 Å². The van der Waals surface area contributed by atoms with Gasteiger partial charge in [-0.15, -0.1) is 0 Å². The van der Waals surface area contributed by atoms with Gasteiger partial charge in [0.25, 0.3) is 0 Å². The number of carbonyl (C=O) groups is 2. The van der Waals surface area contributed by atoms with E-state index in [0.29, 0.717) is 6.04 Å². The fourth-order valence-electron chi connectivity index (χ4n) is 2.94. The fourth-order valence-corrected chi connectivity index (χ4v) is 2.94. The van der Waals surface area contributed by atoms with Crippen LogP contribution in [0.15, 0.2) is 12.3 Å². The van der Waals surface area contributed by atoms with Gasteiger partial charge in [0, 0.05) is 6.20 Å². The van der Waals surface area contributed by atoms with Crippen LogP contribution in [0.4, 0.5) is 0 Å². The Labute approximate surface area is 118 Å². The number of nitrogens with zero attached hydrogens (tertiary/aromatic N) is 3. The maximum absolute atomic E-state index is 12.0. The van der Waals surface area contributed by atoms with E-state index in [1.807, 2.05) is 16.9 Å². The lowest BCUT2D eigenvalue weighted by atomic mass is 10.2. The van der Waals surface area contributed by atoms with E-state index in [2.05, 4.69) is 10.4 Å². The van der Waals surface area contributed by atoms with Crippen molar-refractivity contribution in [3.63, 3.8) is 0 Å². The second-order valence-corrected chi connectivity index (χ2v) is 5.65. The molecule has 6 heteroatoms. The topological polar surface area (TPSA) is 67.2 Å². The first-order valence-corrected chi connectivity index (χ1v) is 7.27. The van der Waals surface area contributed by atoms with E-state index in [9.17, 15) is 9.59 Å². The van der Waals surface area contributed by atoms with Gasteiger partial charge in [-0.1, -0.05) is 12.8 Å². The van der Waals surface area contributed by atoms with Crippen molar-refractivity contribution in [1.29, 1.82) is 0 Å². The Bertz CT molecular complexity index is 519. The molecule has 2 fully saturated rings. The van der Waals surface area contributed by atoms with Gasteiger partial charge < -0.3 is 0 Å². The van der Waals surface area contributed by atoms with Gasteiger partial charge in [-0.25, -0.2) is 0 Å². The molecule has 0 spiro atoms. The van der Waals surface area contributed by atoms with E-state index in [1.165, 1.54) is 30.6 Å². The van der Waals surface area contributed by atoms with Gasteiger partial charge in [0.15, 0.2) is 0 Å². The summed E-state index contributed by atoms with van der Waals surface area (Å²) in [5.74, 6) is -0.347. The number of nitrogens with one attached hydrogen (secondary N) is 1. The number of imide groups is 1. The van der Waals surface area contributed by atoms with E-state index >= 15 is 0 Å². The third-order valence-electron chi connectivity index (χ3n) is 4.18. The van der Waals surface area contributed by atoms with Crippen molar-refractivity contribution in [2.75, 3.05) is 6.54 Å². The van der Waals surface area contributed by atoms with Crippen LogP contribution in [0.2, 0.25) is 0 Å². The third-order valence-corrected chi connectivity index (χ3v) is 4.18. The SMILES string of the molecule is CC1NCC(=O)N(Cc2ccn(C3CCCC3)n2)C1=O. The molecule has 1 unspecified atom stereocenters. The van der Waals surface area contributed by atoms with Crippen molar-refractivity contribution >= 4 is 11.8 Å². The fraction of sp³-hybridized carbons (Fsp3) is 0.643. The molecule has 1 N–H and O–H groups in total. The Hall–Kier alpha value is -1.69. The molecule has 108 valence electrons. The zero-order valence-electron chi connectivity index (χ0n) is 11.7. The summed E-state index contributed by atoms with van der Waals surface area (Å²) in [7, 11) is 0. The molecule has 1 aliphatic heterocycles. The van der Waals surface area contributed by atoms with Crippen LogP contribution in [0.3, 0.4) is 0 Å². The van der Waals surface area contributed by atoms with Crippen LogP contribution in [-0.4, -0.2) is 39.1 Å². The predicted molar refractivity (Wildman–Crippen MR) is 72.8 cm³/mol. The van der Waals surface area contributed by atoms with Gasteiger partial charge in [-0.3, -0.25) is 24.5 Å². The van der Waals surface area contributed by atoms with Crippen LogP contribution in [0.25, 0.3) is 0 Å². The number of rotatable bonds is 3. The molecule has 0 aromatic carbocycles. The Morgan fingerprint density at radius 3 is 2.85 bits per heavy atom. The summed E-state index contributed by atoms with van der Waals surface area (Å²) >= 11 is 0. The number of hydrogen-bond donors (Lipinski definition) is 1. The molecule has 1 aromatic rings. The number of carbonyl (C=O) groups excluding carboxylic acids is 2. The van der Waals surface area contributed by atoms with Crippen molar-refractivity contribution in [3.05, 3.63) is 18.0 Å². The summed E-state index contributed by atoms with van der Waals surface area (Å²) in [6.45, 7) is 2.28. The first-order valence-electron chi connectivity index (χ1n) is 7.27. The molecule has 6 nitrogen and oxygen atoms in total. The minimum atomic E-state index is -0.301. The van der Waals surface area contributed by atoms with E-state index < -0.39 is 0 Å². The van der Waals surface area contributed by atoms with Gasteiger partial charge in [-0.05, 0) is 25.8 Å². The monoisotopic (exact) mass is 276 g/mol. The maximum atomic E-state index is 12.0. The first-order chi connectivity index (χ1) is 9.65. The molecular formula is C14H20N4O2. The van der Waals surface area contributed by atoms with Gasteiger partial charge >= 0.3 is 0 Å². The molecule has 2 heterocycles. The molecule has 0 bridgehead atoms. The number of hydrogen-bond acceptors (Lipinski definition) is 4. The molecule has 20 heavy (non-hydrogen) atoms. The maximum Gasteiger partial charge on any atom is 0.246 e. The summed E-state index contributed by atoms with van der Waals surface area (Å²) in [6.07, 6.45) is 6.82. The Morgan fingerprint density at radius 1 is 1.35 bits per heavy atom. The molecule has 3 rings (SSSR count). The highest BCUT2D eigenvalue weighted by Crippen LogP contribution is 2.28. The smallest absolute Gasteiger partial charge is 0.246 e. The summed E-state index contributed by atoms with van der Waals surface area (Å²) in [5, 5.41) is 7.41. The minimum absolute atomic E-state index is 0.170. The van der Waals surface area contributed by atoms with E-state index in [1.54, 1.807) is 6.92 Å². The lowest BCUT2D eigenvalue weighted by Crippen LogP contribution is -2.56. The molecule has 2 amide bonds. The quantitative estimate of drug-likeness (QED) is 0.831. The van der Waals surface area contributed by atoms with Crippen LogP contribution in [0.5, 0.6) is 0 Å². The van der Waals surface area contributed by atoms with Gasteiger partial charge in [0.2, 0.25) is 11.8 Å². The van der Waals surface area contributed by atoms with E-state index in [0.717, 1.165) is 5.69 Å². The normalized spacial score (nSPS) is 24.6. The first kappa shape index (κ1) is 13.3. The highest BCUT2D eigenvalue weighted by atomic mass is 16.2. The molecule has 1 aromatic heterocycles. The lowest BCUT2D eigenvalue weighted by Gasteiger charge is -2.29. The lowest BCUT2D eigenvalue weighted by molar-refractivity contribution is -0.149. The van der Waals surface area contributed by atoms with Crippen LogP contribution >= 0.6 is 0 Å². The Kier molecular flexibility index (Phi) is 3.56. The highest BCUT2D eigenvalue weighted by Gasteiger charge is 2.31. The summed E-state index contributed by atoms with van der Waals surface area (Å²) in [4.78, 5) is 25.1. The molecule has 1 atom stereocenters. The second-order valence-electron chi connectivity index (χ2n) is 5.65. The number of amides is 2. The van der Waals surface area contributed by atoms with Crippen molar-refractivity contribution in [1.82, 2.24) is 20.0 Å². The average molecular weight is 276 g/mol. The predicted octanol–water partition coefficient (Wildman–Crippen LogP) is 0.845. The van der Waals surface area contributed by atoms with Crippen molar-refractivity contribution in [2.24, 2.45) is 0 Å². The zero-order chi connectivity index (χ0) is 14.1. The van der Waals surface area contributed by atoms with Crippen molar-refractivity contribution in [2.45, 2.75) is 51.2 Å². The number of piperazine rings is 1. The van der Waals surface area contributed by atoms with Crippen LogP contribution in [-0.2, 0) is 16.1 Å². The van der Waals surface area contributed by atoms with Gasteiger partial charge in [0.1, 0.15) is 0 Å². The zero-order valence-corrected chi connectivity index (χ0v) is 11.7. The van der Waals surface area contributed by atoms with Crippen LogP contribution in [0, 0.1) is 0 Å². The van der Waals surface area contributed by atoms with Crippen LogP contribution in [0.1, 0.15) is 44.3 Å². The Balaban J connectivity index is 1.70. The highest BCUT2D eigenvalue weighted by molar-refractivity contribution is 6.00. The van der Waals surface area contributed by atoms with Crippen molar-refractivity contribution in [3.8, 4) is 0 Å². The standard InChI is InChI=1S/C14H20N4O2/c1-10-14(20)17(13(19)8-15-10)9-11-6-7-18(16-11)12-4-2-3-5-12/h6-7,10,12,15H,2-5,8-9H2,1H3. The molecule has 0 radical (unpaired) electrons. The largest absolute Gasteiger partial charge is 0.298 e. The Morgan fingerprint density at radius 2 is 2.10 bits per heavy atom. The average Bonchev–Trinajstić information content (AvgIpc) is 3.09. The summed E-state index contributed by atoms with van der Waals surface area (Å²) in [5.41, 5.74) is 0.785. The summed E-state index contributed by atoms with van der Waals surface area (Å²) in [6, 6.07) is 2.09. The van der Waals surface area contributed by atoms with Crippen LogP contribution < -0.4 is 5.32 Å². The molecule has 1 saturated carbocycles. The molecular weight excluding hydrogens is 256 g/mol. The van der Waals surface area contributed by atoms with Crippen molar-refractivity contribution < 1.29 is 9.59 Å². The molecule has 2 aliphatic rings. The third kappa shape index (κ3) is 2.47. The second kappa shape index (κ2) is 5.36. The minimum Gasteiger partial charge on any atom is -0.298 e.